The Morgan fingerprint density at radius 1 is 1.35 bits per heavy atom. The molecule has 0 aliphatic carbocycles. The minimum Gasteiger partial charge on any atom is -0.381 e. The smallest absolute Gasteiger partial charge is 0.0703 e. The van der Waals surface area contributed by atoms with Gasteiger partial charge in [-0.3, -0.25) is 4.98 Å². The zero-order valence-corrected chi connectivity index (χ0v) is 10.1. The van der Waals surface area contributed by atoms with E-state index in [0.717, 1.165) is 12.1 Å². The van der Waals surface area contributed by atoms with E-state index in [2.05, 4.69) is 46.5 Å². The molecule has 1 aliphatic heterocycles. The van der Waals surface area contributed by atoms with Gasteiger partial charge in [-0.25, -0.2) is 0 Å². The van der Waals surface area contributed by atoms with Gasteiger partial charge in [0.2, 0.25) is 0 Å². The Kier molecular flexibility index (Phi) is 2.69. The van der Waals surface area contributed by atoms with Crippen LogP contribution in [0, 0.1) is 0 Å². The molecule has 0 bridgehead atoms. The predicted octanol–water partition coefficient (Wildman–Crippen LogP) is 2.35. The van der Waals surface area contributed by atoms with E-state index in [9.17, 15) is 0 Å². The first kappa shape index (κ1) is 10.5. The molecule has 0 spiro atoms. The van der Waals surface area contributed by atoms with Gasteiger partial charge in [0.05, 0.1) is 5.52 Å². The number of nitrogens with one attached hydrogen (secondary N) is 1. The van der Waals surface area contributed by atoms with Gasteiger partial charge in [-0.05, 0) is 44.3 Å². The highest BCUT2D eigenvalue weighted by atomic mass is 15.2. The molecule has 17 heavy (non-hydrogen) atoms. The summed E-state index contributed by atoms with van der Waals surface area (Å²) in [7, 11) is 2.17. The van der Waals surface area contributed by atoms with E-state index >= 15 is 0 Å². The van der Waals surface area contributed by atoms with Crippen LogP contribution in [0.5, 0.6) is 0 Å². The Morgan fingerprint density at radius 3 is 3.12 bits per heavy atom. The van der Waals surface area contributed by atoms with Crippen molar-refractivity contribution >= 4 is 16.6 Å². The summed E-state index contributed by atoms with van der Waals surface area (Å²) in [4.78, 5) is 6.69. The number of fused-ring (bicyclic) bond motifs is 1. The van der Waals surface area contributed by atoms with E-state index in [4.69, 9.17) is 0 Å². The SMILES string of the molecule is CN1CCC(Nc2ccc3ncccc3c2)C1. The summed E-state index contributed by atoms with van der Waals surface area (Å²) >= 11 is 0. The molecule has 3 nitrogen and oxygen atoms in total. The van der Waals surface area contributed by atoms with Crippen molar-refractivity contribution in [2.75, 3.05) is 25.5 Å². The van der Waals surface area contributed by atoms with Gasteiger partial charge in [0.25, 0.3) is 0 Å². The molecule has 1 atom stereocenters. The summed E-state index contributed by atoms with van der Waals surface area (Å²) in [6, 6.07) is 11.0. The van der Waals surface area contributed by atoms with E-state index in [1.807, 2.05) is 12.3 Å². The second-order valence-corrected chi connectivity index (χ2v) is 4.80. The highest BCUT2D eigenvalue weighted by Crippen LogP contribution is 2.19. The van der Waals surface area contributed by atoms with Crippen molar-refractivity contribution in [2.45, 2.75) is 12.5 Å². The first-order chi connectivity index (χ1) is 8.31. The van der Waals surface area contributed by atoms with Crippen LogP contribution in [0.2, 0.25) is 0 Å². The Morgan fingerprint density at radius 2 is 2.29 bits per heavy atom. The number of hydrogen-bond acceptors (Lipinski definition) is 3. The quantitative estimate of drug-likeness (QED) is 0.853. The largest absolute Gasteiger partial charge is 0.381 e. The van der Waals surface area contributed by atoms with E-state index < -0.39 is 0 Å². The molecule has 1 N–H and O–H groups in total. The number of pyridine rings is 1. The third kappa shape index (κ3) is 2.24. The number of likely N-dealkylation sites (N-methyl/N-ethyl adjacent to an activating group) is 1. The second-order valence-electron chi connectivity index (χ2n) is 4.80. The van der Waals surface area contributed by atoms with Crippen molar-refractivity contribution in [1.29, 1.82) is 0 Å². The minimum atomic E-state index is 0.578. The standard InChI is InChI=1S/C14H17N3/c1-17-8-6-13(10-17)16-12-4-5-14-11(9-12)3-2-7-15-14/h2-5,7,9,13,16H,6,8,10H2,1H3. The molecule has 1 unspecified atom stereocenters. The molecule has 1 aromatic carbocycles. The molecule has 2 heterocycles. The van der Waals surface area contributed by atoms with Gasteiger partial charge in [-0.2, -0.15) is 0 Å². The van der Waals surface area contributed by atoms with Crippen LogP contribution in [0.3, 0.4) is 0 Å². The first-order valence-corrected chi connectivity index (χ1v) is 6.11. The summed E-state index contributed by atoms with van der Waals surface area (Å²) in [6.07, 6.45) is 3.06. The summed E-state index contributed by atoms with van der Waals surface area (Å²) in [6.45, 7) is 2.32. The van der Waals surface area contributed by atoms with Gasteiger partial charge in [0.1, 0.15) is 0 Å². The summed E-state index contributed by atoms with van der Waals surface area (Å²) in [5, 5.41) is 4.79. The van der Waals surface area contributed by atoms with E-state index in [0.29, 0.717) is 6.04 Å². The van der Waals surface area contributed by atoms with Crippen LogP contribution < -0.4 is 5.32 Å². The van der Waals surface area contributed by atoms with Crippen LogP contribution in [-0.4, -0.2) is 36.1 Å². The van der Waals surface area contributed by atoms with Crippen molar-refractivity contribution in [3.05, 3.63) is 36.5 Å². The Hall–Kier alpha value is -1.61. The molecule has 3 rings (SSSR count). The van der Waals surface area contributed by atoms with E-state index in [1.54, 1.807) is 0 Å². The number of likely N-dealkylation sites (tertiary alicyclic amines) is 1. The van der Waals surface area contributed by atoms with Crippen molar-refractivity contribution in [2.24, 2.45) is 0 Å². The maximum Gasteiger partial charge on any atom is 0.0703 e. The Labute approximate surface area is 101 Å². The van der Waals surface area contributed by atoms with Gasteiger partial charge in [-0.1, -0.05) is 6.07 Å². The van der Waals surface area contributed by atoms with E-state index in [-0.39, 0.29) is 0 Å². The molecule has 0 amide bonds. The minimum absolute atomic E-state index is 0.578. The Bertz CT molecular complexity index is 524. The molecular weight excluding hydrogens is 210 g/mol. The number of rotatable bonds is 2. The van der Waals surface area contributed by atoms with Gasteiger partial charge >= 0.3 is 0 Å². The van der Waals surface area contributed by atoms with Crippen molar-refractivity contribution in [3.63, 3.8) is 0 Å². The summed E-state index contributed by atoms with van der Waals surface area (Å²) in [5.74, 6) is 0. The molecule has 0 saturated carbocycles. The van der Waals surface area contributed by atoms with Gasteiger partial charge in [-0.15, -0.1) is 0 Å². The molecule has 1 aliphatic rings. The number of benzene rings is 1. The number of aromatic nitrogens is 1. The topological polar surface area (TPSA) is 28.2 Å². The highest BCUT2D eigenvalue weighted by molar-refractivity contribution is 5.82. The van der Waals surface area contributed by atoms with Crippen LogP contribution in [0.4, 0.5) is 5.69 Å². The fourth-order valence-electron chi connectivity index (χ4n) is 2.45. The predicted molar refractivity (Wildman–Crippen MR) is 71.3 cm³/mol. The second kappa shape index (κ2) is 4.34. The maximum absolute atomic E-state index is 4.33. The van der Waals surface area contributed by atoms with Crippen LogP contribution in [0.1, 0.15) is 6.42 Å². The highest BCUT2D eigenvalue weighted by Gasteiger charge is 2.18. The lowest BCUT2D eigenvalue weighted by Crippen LogP contribution is -2.23. The molecule has 2 aromatic rings. The lowest BCUT2D eigenvalue weighted by molar-refractivity contribution is 0.414. The normalized spacial score (nSPS) is 20.9. The zero-order chi connectivity index (χ0) is 11.7. The number of anilines is 1. The summed E-state index contributed by atoms with van der Waals surface area (Å²) in [5.41, 5.74) is 2.26. The molecular formula is C14H17N3. The average molecular weight is 227 g/mol. The van der Waals surface area contributed by atoms with E-state index in [1.165, 1.54) is 24.0 Å². The van der Waals surface area contributed by atoms with Gasteiger partial charge in [0, 0.05) is 29.9 Å². The third-order valence-electron chi connectivity index (χ3n) is 3.37. The molecule has 1 fully saturated rings. The van der Waals surface area contributed by atoms with Crippen molar-refractivity contribution in [3.8, 4) is 0 Å². The average Bonchev–Trinajstić information content (AvgIpc) is 2.75. The third-order valence-corrected chi connectivity index (χ3v) is 3.37. The van der Waals surface area contributed by atoms with Crippen molar-refractivity contribution < 1.29 is 0 Å². The van der Waals surface area contributed by atoms with Crippen LogP contribution in [0.25, 0.3) is 10.9 Å². The fraction of sp³-hybridized carbons (Fsp3) is 0.357. The maximum atomic E-state index is 4.33. The lowest BCUT2D eigenvalue weighted by Gasteiger charge is -2.14. The van der Waals surface area contributed by atoms with Gasteiger partial charge in [0.15, 0.2) is 0 Å². The zero-order valence-electron chi connectivity index (χ0n) is 10.1. The van der Waals surface area contributed by atoms with Gasteiger partial charge < -0.3 is 10.2 Å². The fourth-order valence-corrected chi connectivity index (χ4v) is 2.45. The number of nitrogens with zero attached hydrogens (tertiary/aromatic N) is 2. The molecule has 1 aromatic heterocycles. The van der Waals surface area contributed by atoms with Crippen LogP contribution >= 0.6 is 0 Å². The molecule has 3 heteroatoms. The molecule has 0 radical (unpaired) electrons. The lowest BCUT2D eigenvalue weighted by atomic mass is 10.2. The monoisotopic (exact) mass is 227 g/mol. The van der Waals surface area contributed by atoms with Crippen LogP contribution in [0.15, 0.2) is 36.5 Å². The molecule has 88 valence electrons. The Balaban J connectivity index is 1.81. The molecule has 1 saturated heterocycles. The number of hydrogen-bond donors (Lipinski definition) is 1. The van der Waals surface area contributed by atoms with Crippen molar-refractivity contribution in [1.82, 2.24) is 9.88 Å². The first-order valence-electron chi connectivity index (χ1n) is 6.11. The summed E-state index contributed by atoms with van der Waals surface area (Å²) < 4.78 is 0. The van der Waals surface area contributed by atoms with Crippen LogP contribution in [-0.2, 0) is 0 Å².